The fourth-order valence-electron chi connectivity index (χ4n) is 2.27. The van der Waals surface area contributed by atoms with Gasteiger partial charge in [-0.15, -0.1) is 21.5 Å². The summed E-state index contributed by atoms with van der Waals surface area (Å²) >= 11 is 2.99. The van der Waals surface area contributed by atoms with Gasteiger partial charge >= 0.3 is 0 Å². The van der Waals surface area contributed by atoms with Gasteiger partial charge in [0, 0.05) is 11.2 Å². The third-order valence-electron chi connectivity index (χ3n) is 4.14. The minimum Gasteiger partial charge on any atom is -0.368 e. The zero-order valence-electron chi connectivity index (χ0n) is 17.3. The molecule has 28 heavy (non-hydrogen) atoms. The minimum atomic E-state index is -0.450. The summed E-state index contributed by atoms with van der Waals surface area (Å²) in [6, 6.07) is 3.86. The van der Waals surface area contributed by atoms with Crippen LogP contribution in [0.15, 0.2) is 34.3 Å². The lowest BCUT2D eigenvalue weighted by Gasteiger charge is -2.24. The van der Waals surface area contributed by atoms with Crippen molar-refractivity contribution in [2.75, 3.05) is 5.75 Å². The number of amides is 1. The van der Waals surface area contributed by atoms with Crippen molar-refractivity contribution >= 4 is 34.8 Å². The predicted molar refractivity (Wildman–Crippen MR) is 115 cm³/mol. The number of hydrogen-bond acceptors (Lipinski definition) is 6. The van der Waals surface area contributed by atoms with E-state index in [-0.39, 0.29) is 17.7 Å². The summed E-state index contributed by atoms with van der Waals surface area (Å²) in [4.78, 5) is 25.0. The van der Waals surface area contributed by atoms with E-state index in [1.54, 1.807) is 10.6 Å². The van der Waals surface area contributed by atoms with Crippen molar-refractivity contribution in [2.45, 2.75) is 53.2 Å². The van der Waals surface area contributed by atoms with Gasteiger partial charge in [-0.3, -0.25) is 14.2 Å². The zero-order valence-corrected chi connectivity index (χ0v) is 18.9. The molecule has 0 aromatic carbocycles. The SMILES string of the molecule is CC(C)(C)C(=O)/C=C(\CSc1nnc(-c2cccs2)n1CC(N)=O)C(C)(C)C. The molecule has 0 aliphatic rings. The van der Waals surface area contributed by atoms with E-state index in [2.05, 4.69) is 31.0 Å². The molecule has 6 nitrogen and oxygen atoms in total. The Morgan fingerprint density at radius 1 is 1.18 bits per heavy atom. The van der Waals surface area contributed by atoms with E-state index in [0.29, 0.717) is 16.7 Å². The van der Waals surface area contributed by atoms with Gasteiger partial charge in [0.05, 0.1) is 4.88 Å². The highest BCUT2D eigenvalue weighted by molar-refractivity contribution is 7.99. The predicted octanol–water partition coefficient (Wildman–Crippen LogP) is 4.17. The van der Waals surface area contributed by atoms with Gasteiger partial charge in [0.2, 0.25) is 5.91 Å². The Morgan fingerprint density at radius 3 is 2.36 bits per heavy atom. The smallest absolute Gasteiger partial charge is 0.237 e. The fraction of sp³-hybridized carbons (Fsp3) is 0.500. The quantitative estimate of drug-likeness (QED) is 0.536. The third-order valence-corrected chi connectivity index (χ3v) is 6.02. The van der Waals surface area contributed by atoms with Crippen LogP contribution in [0.4, 0.5) is 0 Å². The number of thioether (sulfide) groups is 1. The molecule has 0 unspecified atom stereocenters. The summed E-state index contributed by atoms with van der Waals surface area (Å²) in [5.41, 5.74) is 5.86. The largest absolute Gasteiger partial charge is 0.368 e. The Bertz CT molecular complexity index is 869. The summed E-state index contributed by atoms with van der Waals surface area (Å²) in [6.45, 7) is 12.0. The Kier molecular flexibility index (Phi) is 6.88. The number of nitrogens with zero attached hydrogens (tertiary/aromatic N) is 3. The monoisotopic (exact) mass is 420 g/mol. The number of allylic oxidation sites excluding steroid dienone is 1. The molecule has 0 spiro atoms. The van der Waals surface area contributed by atoms with E-state index in [1.807, 2.05) is 38.3 Å². The number of ketones is 1. The summed E-state index contributed by atoms with van der Waals surface area (Å²) in [6.07, 6.45) is 1.75. The summed E-state index contributed by atoms with van der Waals surface area (Å²) in [7, 11) is 0. The van der Waals surface area contributed by atoms with E-state index in [9.17, 15) is 9.59 Å². The van der Waals surface area contributed by atoms with Gasteiger partial charge in [0.15, 0.2) is 16.8 Å². The molecule has 0 fully saturated rings. The van der Waals surface area contributed by atoms with Crippen molar-refractivity contribution in [1.82, 2.24) is 14.8 Å². The van der Waals surface area contributed by atoms with Gasteiger partial charge in [-0.1, -0.05) is 64.9 Å². The fourth-order valence-corrected chi connectivity index (χ4v) is 4.20. The second-order valence-electron chi connectivity index (χ2n) is 8.66. The average molecular weight is 421 g/mol. The first-order valence-corrected chi connectivity index (χ1v) is 10.9. The zero-order chi connectivity index (χ0) is 21.1. The van der Waals surface area contributed by atoms with Crippen LogP contribution in [-0.4, -0.2) is 32.2 Å². The lowest BCUT2D eigenvalue weighted by molar-refractivity contribution is -0.121. The van der Waals surface area contributed by atoms with Crippen LogP contribution in [0.2, 0.25) is 0 Å². The van der Waals surface area contributed by atoms with Crippen LogP contribution in [0.3, 0.4) is 0 Å². The lowest BCUT2D eigenvalue weighted by Crippen LogP contribution is -2.22. The Morgan fingerprint density at radius 2 is 1.86 bits per heavy atom. The number of rotatable bonds is 7. The number of carbonyl (C=O) groups excluding carboxylic acids is 2. The molecule has 2 N–H and O–H groups in total. The molecular weight excluding hydrogens is 392 g/mol. The summed E-state index contributed by atoms with van der Waals surface area (Å²) in [5.74, 6) is 0.848. The van der Waals surface area contributed by atoms with Crippen LogP contribution >= 0.6 is 23.1 Å². The van der Waals surface area contributed by atoms with Crippen LogP contribution in [-0.2, 0) is 16.1 Å². The third kappa shape index (κ3) is 5.78. The highest BCUT2D eigenvalue weighted by Gasteiger charge is 2.25. The molecule has 0 atom stereocenters. The molecule has 2 aromatic heterocycles. The summed E-state index contributed by atoms with van der Waals surface area (Å²) in [5, 5.41) is 11.1. The van der Waals surface area contributed by atoms with Gasteiger partial charge in [-0.25, -0.2) is 0 Å². The first kappa shape index (κ1) is 22.4. The number of aromatic nitrogens is 3. The van der Waals surface area contributed by atoms with Crippen molar-refractivity contribution < 1.29 is 9.59 Å². The minimum absolute atomic E-state index is 0.0120. The molecule has 0 radical (unpaired) electrons. The van der Waals surface area contributed by atoms with Crippen molar-refractivity contribution in [3.63, 3.8) is 0 Å². The van der Waals surface area contributed by atoms with E-state index in [0.717, 1.165) is 10.5 Å². The highest BCUT2D eigenvalue weighted by Crippen LogP contribution is 2.33. The van der Waals surface area contributed by atoms with Crippen LogP contribution in [0.5, 0.6) is 0 Å². The molecule has 1 amide bonds. The van der Waals surface area contributed by atoms with Crippen LogP contribution in [0.25, 0.3) is 10.7 Å². The second kappa shape index (κ2) is 8.61. The van der Waals surface area contributed by atoms with Gasteiger partial charge in [-0.2, -0.15) is 0 Å². The van der Waals surface area contributed by atoms with Gasteiger partial charge in [0.25, 0.3) is 0 Å². The van der Waals surface area contributed by atoms with Crippen molar-refractivity contribution in [3.05, 3.63) is 29.2 Å². The van der Waals surface area contributed by atoms with Gasteiger partial charge in [0.1, 0.15) is 6.54 Å². The van der Waals surface area contributed by atoms with E-state index < -0.39 is 11.3 Å². The molecule has 0 bridgehead atoms. The molecule has 152 valence electrons. The molecule has 0 saturated heterocycles. The number of thiophene rings is 1. The summed E-state index contributed by atoms with van der Waals surface area (Å²) < 4.78 is 1.74. The number of nitrogens with two attached hydrogens (primary N) is 1. The number of primary amides is 1. The van der Waals surface area contributed by atoms with Crippen molar-refractivity contribution in [3.8, 4) is 10.7 Å². The highest BCUT2D eigenvalue weighted by atomic mass is 32.2. The second-order valence-corrected chi connectivity index (χ2v) is 10.5. The molecule has 8 heteroatoms. The number of hydrogen-bond donors (Lipinski definition) is 1. The molecule has 0 aliphatic heterocycles. The van der Waals surface area contributed by atoms with Crippen LogP contribution < -0.4 is 5.73 Å². The van der Waals surface area contributed by atoms with Crippen molar-refractivity contribution in [1.29, 1.82) is 0 Å². The maximum atomic E-state index is 12.5. The standard InChI is InChI=1S/C20H28N4O2S2/c1-19(2,3)13(10-15(25)20(4,5)6)12-28-18-23-22-17(14-8-7-9-27-14)24(18)11-16(21)26/h7-10H,11-12H2,1-6H3,(H2,21,26)/b13-10+. The van der Waals surface area contributed by atoms with Gasteiger partial charge in [-0.05, 0) is 22.9 Å². The Hall–Kier alpha value is -1.93. The maximum Gasteiger partial charge on any atom is 0.237 e. The molecule has 2 rings (SSSR count). The molecule has 2 heterocycles. The van der Waals surface area contributed by atoms with Crippen LogP contribution in [0, 0.1) is 10.8 Å². The van der Waals surface area contributed by atoms with E-state index in [1.165, 1.54) is 23.1 Å². The molecule has 0 aliphatic carbocycles. The van der Waals surface area contributed by atoms with E-state index >= 15 is 0 Å². The first-order chi connectivity index (χ1) is 12.9. The molecular formula is C20H28N4O2S2. The average Bonchev–Trinajstić information content (AvgIpc) is 3.18. The Balaban J connectivity index is 2.32. The maximum absolute atomic E-state index is 12.5. The molecule has 2 aromatic rings. The van der Waals surface area contributed by atoms with Gasteiger partial charge < -0.3 is 5.73 Å². The van der Waals surface area contributed by atoms with E-state index in [4.69, 9.17) is 5.73 Å². The normalized spacial score (nSPS) is 13.0. The first-order valence-electron chi connectivity index (χ1n) is 9.03. The number of carbonyl (C=O) groups is 2. The lowest BCUT2D eigenvalue weighted by atomic mass is 9.83. The van der Waals surface area contributed by atoms with Crippen LogP contribution in [0.1, 0.15) is 41.5 Å². The molecule has 0 saturated carbocycles. The van der Waals surface area contributed by atoms with Crippen molar-refractivity contribution in [2.24, 2.45) is 16.6 Å². The topological polar surface area (TPSA) is 90.9 Å². The Labute approximate surface area is 174 Å².